The van der Waals surface area contributed by atoms with Gasteiger partial charge in [0, 0.05) is 35.7 Å². The molecule has 204 valence electrons. The van der Waals surface area contributed by atoms with Crippen LogP contribution in [-0.4, -0.2) is 25.4 Å². The molecule has 7 nitrogen and oxygen atoms in total. The molecule has 0 unspecified atom stereocenters. The number of rotatable bonds is 9. The van der Waals surface area contributed by atoms with E-state index in [2.05, 4.69) is 10.6 Å². The topological polar surface area (TPSA) is 93.7 Å². The molecule has 0 aliphatic heterocycles. The van der Waals surface area contributed by atoms with Crippen LogP contribution in [0.2, 0.25) is 0 Å². The number of halogens is 1. The molecule has 5 rings (SSSR count). The highest BCUT2D eigenvalue weighted by atomic mass is 19.1. The molecule has 2 amide bonds. The molecular formula is C32H29FN2O5. The fourth-order valence-electron chi connectivity index (χ4n) is 4.35. The van der Waals surface area contributed by atoms with E-state index in [9.17, 15) is 14.0 Å². The summed E-state index contributed by atoms with van der Waals surface area (Å²) in [6.07, 6.45) is 3.18. The highest BCUT2D eigenvalue weighted by Gasteiger charge is 2.22. The van der Waals surface area contributed by atoms with E-state index < -0.39 is 0 Å². The Morgan fingerprint density at radius 1 is 0.925 bits per heavy atom. The van der Waals surface area contributed by atoms with Crippen molar-refractivity contribution in [1.29, 1.82) is 0 Å². The average molecular weight is 541 g/mol. The third-order valence-electron chi connectivity index (χ3n) is 6.41. The second-order valence-corrected chi connectivity index (χ2v) is 9.87. The Morgan fingerprint density at radius 2 is 1.70 bits per heavy atom. The quantitative estimate of drug-likeness (QED) is 0.214. The van der Waals surface area contributed by atoms with E-state index in [0.717, 1.165) is 16.7 Å². The van der Waals surface area contributed by atoms with Gasteiger partial charge in [0.15, 0.2) is 0 Å². The summed E-state index contributed by atoms with van der Waals surface area (Å²) in [5.74, 6) is 0.230. The molecule has 0 saturated heterocycles. The predicted octanol–water partition coefficient (Wildman–Crippen LogP) is 6.82. The van der Waals surface area contributed by atoms with Crippen LogP contribution in [0.25, 0.3) is 33.4 Å². The summed E-state index contributed by atoms with van der Waals surface area (Å²) >= 11 is 0. The Balaban J connectivity index is 1.59. The number of fused-ring (bicyclic) bond motifs is 1. The lowest BCUT2D eigenvalue weighted by Gasteiger charge is -2.13. The summed E-state index contributed by atoms with van der Waals surface area (Å²) in [5, 5.41) is 6.22. The van der Waals surface area contributed by atoms with Crippen LogP contribution < -0.4 is 15.4 Å². The van der Waals surface area contributed by atoms with Gasteiger partial charge in [0.1, 0.15) is 29.5 Å². The van der Waals surface area contributed by atoms with Gasteiger partial charge in [-0.15, -0.1) is 0 Å². The first-order chi connectivity index (χ1) is 19.3. The zero-order chi connectivity index (χ0) is 28.2. The first-order valence-corrected chi connectivity index (χ1v) is 12.9. The maximum absolute atomic E-state index is 13.6. The number of hydrogen-bond acceptors (Lipinski definition) is 5. The maximum Gasteiger partial charge on any atom is 0.255 e. The molecule has 0 saturated carbocycles. The van der Waals surface area contributed by atoms with Crippen molar-refractivity contribution >= 4 is 22.8 Å². The molecule has 0 radical (unpaired) electrons. The van der Waals surface area contributed by atoms with Crippen molar-refractivity contribution in [3.05, 3.63) is 102 Å². The largest absolute Gasteiger partial charge is 0.489 e. The van der Waals surface area contributed by atoms with Crippen molar-refractivity contribution < 1.29 is 27.6 Å². The van der Waals surface area contributed by atoms with Gasteiger partial charge in [-0.1, -0.05) is 19.9 Å². The number of nitrogens with one attached hydrogen (secondary N) is 2. The monoisotopic (exact) mass is 540 g/mol. The van der Waals surface area contributed by atoms with Crippen molar-refractivity contribution in [2.45, 2.75) is 20.5 Å². The number of carbonyl (C=O) groups excluding carboxylic acids is 2. The summed E-state index contributed by atoms with van der Waals surface area (Å²) in [6, 6.07) is 18.4. The van der Waals surface area contributed by atoms with Crippen molar-refractivity contribution in [3.63, 3.8) is 0 Å². The van der Waals surface area contributed by atoms with Crippen molar-refractivity contribution in [2.24, 2.45) is 5.92 Å². The van der Waals surface area contributed by atoms with Gasteiger partial charge in [0.05, 0.1) is 18.1 Å². The van der Waals surface area contributed by atoms with E-state index in [1.165, 1.54) is 12.1 Å². The number of furan rings is 2. The standard InChI is InChI=1S/C32H29FN2O5/c1-19(2)16-35-31(36)24-12-23(13-26(14-24)39-18-20-10-11-38-17-20)22-6-9-28-27(15-22)29(32(37)34-3)30(40-28)21-4-7-25(33)8-5-21/h4-15,17,19H,16,18H2,1-3H3,(H,34,37)(H,35,36). The van der Waals surface area contributed by atoms with Crippen LogP contribution in [0, 0.1) is 11.7 Å². The van der Waals surface area contributed by atoms with Gasteiger partial charge in [-0.3, -0.25) is 9.59 Å². The minimum absolute atomic E-state index is 0.210. The fraction of sp³-hybridized carbons (Fsp3) is 0.188. The Kier molecular flexibility index (Phi) is 7.68. The van der Waals surface area contributed by atoms with Crippen LogP contribution in [-0.2, 0) is 6.61 Å². The first kappa shape index (κ1) is 26.7. The molecule has 5 aromatic rings. The number of ether oxygens (including phenoxy) is 1. The fourth-order valence-corrected chi connectivity index (χ4v) is 4.35. The Bertz CT molecular complexity index is 1650. The van der Waals surface area contributed by atoms with Gasteiger partial charge in [0.2, 0.25) is 0 Å². The summed E-state index contributed by atoms with van der Waals surface area (Å²) in [6.45, 7) is 4.87. The molecule has 0 bridgehead atoms. The average Bonchev–Trinajstić information content (AvgIpc) is 3.62. The summed E-state index contributed by atoms with van der Waals surface area (Å²) in [4.78, 5) is 26.0. The number of carbonyl (C=O) groups is 2. The van der Waals surface area contributed by atoms with Gasteiger partial charge in [-0.05, 0) is 77.7 Å². The van der Waals surface area contributed by atoms with Crippen LogP contribution in [0.4, 0.5) is 4.39 Å². The van der Waals surface area contributed by atoms with Crippen LogP contribution >= 0.6 is 0 Å². The normalized spacial score (nSPS) is 11.1. The second-order valence-electron chi connectivity index (χ2n) is 9.87. The lowest BCUT2D eigenvalue weighted by atomic mass is 9.98. The van der Waals surface area contributed by atoms with E-state index in [0.29, 0.717) is 51.6 Å². The molecule has 0 aliphatic carbocycles. The molecule has 40 heavy (non-hydrogen) atoms. The highest BCUT2D eigenvalue weighted by molar-refractivity contribution is 6.12. The Labute approximate surface area is 230 Å². The maximum atomic E-state index is 13.6. The van der Waals surface area contributed by atoms with Crippen molar-refractivity contribution in [1.82, 2.24) is 10.6 Å². The van der Waals surface area contributed by atoms with E-state index >= 15 is 0 Å². The lowest BCUT2D eigenvalue weighted by molar-refractivity contribution is 0.0945. The first-order valence-electron chi connectivity index (χ1n) is 12.9. The predicted molar refractivity (Wildman–Crippen MR) is 151 cm³/mol. The molecule has 0 aliphatic rings. The minimum Gasteiger partial charge on any atom is -0.489 e. The minimum atomic E-state index is -0.383. The van der Waals surface area contributed by atoms with Gasteiger partial charge in [-0.2, -0.15) is 0 Å². The van der Waals surface area contributed by atoms with Crippen molar-refractivity contribution in [2.75, 3.05) is 13.6 Å². The third-order valence-corrected chi connectivity index (χ3v) is 6.41. The summed E-state index contributed by atoms with van der Waals surface area (Å²) in [7, 11) is 1.54. The molecule has 3 aromatic carbocycles. The smallest absolute Gasteiger partial charge is 0.255 e. The molecule has 0 fully saturated rings. The molecule has 8 heteroatoms. The second kappa shape index (κ2) is 11.5. The lowest BCUT2D eigenvalue weighted by Crippen LogP contribution is -2.27. The molecule has 2 aromatic heterocycles. The van der Waals surface area contributed by atoms with Gasteiger partial charge >= 0.3 is 0 Å². The molecular weight excluding hydrogens is 511 g/mol. The van der Waals surface area contributed by atoms with Crippen LogP contribution in [0.15, 0.2) is 88.1 Å². The molecule has 2 heterocycles. The van der Waals surface area contributed by atoms with Crippen LogP contribution in [0.5, 0.6) is 5.75 Å². The summed E-state index contributed by atoms with van der Waals surface area (Å²) in [5.41, 5.74) is 4.23. The number of amides is 2. The SMILES string of the molecule is CNC(=O)c1c(-c2ccc(F)cc2)oc2ccc(-c3cc(OCc4ccoc4)cc(C(=O)NCC(C)C)c3)cc12. The zero-order valence-corrected chi connectivity index (χ0v) is 22.4. The van der Waals surface area contributed by atoms with E-state index in [1.807, 2.05) is 38.1 Å². The Morgan fingerprint density at radius 3 is 2.40 bits per heavy atom. The molecule has 0 atom stereocenters. The molecule has 2 N–H and O–H groups in total. The van der Waals surface area contributed by atoms with Crippen LogP contribution in [0.1, 0.15) is 40.1 Å². The van der Waals surface area contributed by atoms with Gasteiger partial charge < -0.3 is 24.2 Å². The van der Waals surface area contributed by atoms with Gasteiger partial charge in [-0.25, -0.2) is 4.39 Å². The molecule has 0 spiro atoms. The van der Waals surface area contributed by atoms with E-state index in [-0.39, 0.29) is 24.2 Å². The van der Waals surface area contributed by atoms with Crippen LogP contribution in [0.3, 0.4) is 0 Å². The Hall–Kier alpha value is -4.85. The van der Waals surface area contributed by atoms with E-state index in [4.69, 9.17) is 13.6 Å². The zero-order valence-electron chi connectivity index (χ0n) is 22.4. The number of hydrogen-bond donors (Lipinski definition) is 2. The third kappa shape index (κ3) is 5.76. The highest BCUT2D eigenvalue weighted by Crippen LogP contribution is 2.37. The summed E-state index contributed by atoms with van der Waals surface area (Å²) < 4.78 is 30.8. The van der Waals surface area contributed by atoms with E-state index in [1.54, 1.807) is 49.9 Å². The number of benzene rings is 3. The van der Waals surface area contributed by atoms with Crippen molar-refractivity contribution in [3.8, 4) is 28.2 Å². The van der Waals surface area contributed by atoms with Gasteiger partial charge in [0.25, 0.3) is 11.8 Å².